The summed E-state index contributed by atoms with van der Waals surface area (Å²) in [7, 11) is 0. The van der Waals surface area contributed by atoms with Crippen molar-refractivity contribution in [3.63, 3.8) is 0 Å². The van der Waals surface area contributed by atoms with Crippen molar-refractivity contribution in [1.29, 1.82) is 0 Å². The zero-order valence-corrected chi connectivity index (χ0v) is 12.7. The van der Waals surface area contributed by atoms with Gasteiger partial charge < -0.3 is 15.0 Å². The number of hydrogen-bond donors (Lipinski definition) is 1. The summed E-state index contributed by atoms with van der Waals surface area (Å²) in [6.45, 7) is 13.3. The molecule has 3 heteroatoms. The molecule has 1 unspecified atom stereocenters. The van der Waals surface area contributed by atoms with E-state index in [4.69, 9.17) is 4.74 Å². The predicted molar refractivity (Wildman–Crippen MR) is 78.1 cm³/mol. The van der Waals surface area contributed by atoms with Gasteiger partial charge in [0.25, 0.3) is 0 Å². The summed E-state index contributed by atoms with van der Waals surface area (Å²) in [6, 6.07) is 1.34. The van der Waals surface area contributed by atoms with Gasteiger partial charge in [0.05, 0.1) is 6.10 Å². The molecule has 108 valence electrons. The average Bonchev–Trinajstić information content (AvgIpc) is 2.35. The average molecular weight is 256 g/mol. The van der Waals surface area contributed by atoms with E-state index in [1.165, 1.54) is 38.8 Å². The van der Waals surface area contributed by atoms with Gasteiger partial charge in [-0.25, -0.2) is 0 Å². The summed E-state index contributed by atoms with van der Waals surface area (Å²) >= 11 is 0. The van der Waals surface area contributed by atoms with E-state index in [0.29, 0.717) is 12.1 Å². The molecule has 1 rings (SSSR count). The minimum atomic E-state index is 0.515. The van der Waals surface area contributed by atoms with E-state index in [9.17, 15) is 0 Å². The molecule has 0 aromatic rings. The van der Waals surface area contributed by atoms with E-state index in [1.807, 2.05) is 0 Å². The number of likely N-dealkylation sites (tertiary alicyclic amines) is 1. The molecule has 0 aliphatic carbocycles. The molecular weight excluding hydrogens is 224 g/mol. The molecule has 0 saturated carbocycles. The highest BCUT2D eigenvalue weighted by atomic mass is 16.5. The van der Waals surface area contributed by atoms with Gasteiger partial charge in [-0.3, -0.25) is 0 Å². The zero-order chi connectivity index (χ0) is 13.4. The van der Waals surface area contributed by atoms with Crippen LogP contribution in [0.4, 0.5) is 0 Å². The Labute approximate surface area is 113 Å². The summed E-state index contributed by atoms with van der Waals surface area (Å²) in [5.41, 5.74) is 0. The lowest BCUT2D eigenvalue weighted by atomic mass is 10.0. The molecule has 1 N–H and O–H groups in total. The van der Waals surface area contributed by atoms with E-state index in [1.54, 1.807) is 0 Å². The minimum absolute atomic E-state index is 0.515. The first-order chi connectivity index (χ1) is 8.63. The molecule has 0 aromatic heterocycles. The Balaban J connectivity index is 2.10. The maximum absolute atomic E-state index is 5.70. The highest BCUT2D eigenvalue weighted by molar-refractivity contribution is 4.76. The Kier molecular flexibility index (Phi) is 7.87. The molecule has 0 amide bonds. The number of ether oxygens (including phenoxy) is 1. The first kappa shape index (κ1) is 15.9. The molecule has 0 bridgehead atoms. The van der Waals surface area contributed by atoms with Crippen LogP contribution in [0.15, 0.2) is 0 Å². The van der Waals surface area contributed by atoms with E-state index in [-0.39, 0.29) is 0 Å². The van der Waals surface area contributed by atoms with Crippen molar-refractivity contribution in [2.75, 3.05) is 26.2 Å². The molecule has 1 saturated heterocycles. The van der Waals surface area contributed by atoms with Crippen LogP contribution in [0.25, 0.3) is 0 Å². The summed E-state index contributed by atoms with van der Waals surface area (Å²) in [5.74, 6) is 0. The van der Waals surface area contributed by atoms with Crippen molar-refractivity contribution in [2.24, 2.45) is 0 Å². The molecule has 1 heterocycles. The highest BCUT2D eigenvalue weighted by Gasteiger charge is 2.22. The van der Waals surface area contributed by atoms with Crippen LogP contribution in [0, 0.1) is 0 Å². The number of hydrogen-bond acceptors (Lipinski definition) is 3. The smallest absolute Gasteiger partial charge is 0.0599 e. The Morgan fingerprint density at radius 2 is 1.89 bits per heavy atom. The van der Waals surface area contributed by atoms with Crippen LogP contribution in [-0.4, -0.2) is 49.3 Å². The van der Waals surface area contributed by atoms with Gasteiger partial charge in [-0.1, -0.05) is 13.8 Å². The molecule has 1 aliphatic heterocycles. The quantitative estimate of drug-likeness (QED) is 0.676. The third-order valence-corrected chi connectivity index (χ3v) is 3.85. The van der Waals surface area contributed by atoms with Crippen LogP contribution in [-0.2, 0) is 4.74 Å². The summed E-state index contributed by atoms with van der Waals surface area (Å²) in [5, 5.41) is 3.49. The lowest BCUT2D eigenvalue weighted by Gasteiger charge is -2.36. The lowest BCUT2D eigenvalue weighted by molar-refractivity contribution is 0.00484. The molecule has 1 aliphatic rings. The van der Waals surface area contributed by atoms with Gasteiger partial charge in [0, 0.05) is 31.8 Å². The fourth-order valence-electron chi connectivity index (χ4n) is 2.69. The maximum Gasteiger partial charge on any atom is 0.0599 e. The van der Waals surface area contributed by atoms with Crippen LogP contribution >= 0.6 is 0 Å². The van der Waals surface area contributed by atoms with Crippen LogP contribution in [0.5, 0.6) is 0 Å². The fourth-order valence-corrected chi connectivity index (χ4v) is 2.69. The predicted octanol–water partition coefficient (Wildman–Crippen LogP) is 2.65. The Morgan fingerprint density at radius 3 is 2.44 bits per heavy atom. The number of nitrogens with zero attached hydrogens (tertiary/aromatic N) is 1. The number of piperidine rings is 1. The molecule has 0 spiro atoms. The molecule has 1 fully saturated rings. The van der Waals surface area contributed by atoms with Crippen LogP contribution < -0.4 is 5.32 Å². The largest absolute Gasteiger partial charge is 0.378 e. The number of nitrogens with one attached hydrogen (secondary N) is 1. The van der Waals surface area contributed by atoms with Gasteiger partial charge in [-0.2, -0.15) is 0 Å². The molecule has 1 atom stereocenters. The third kappa shape index (κ3) is 6.17. The van der Waals surface area contributed by atoms with Gasteiger partial charge in [0.2, 0.25) is 0 Å². The van der Waals surface area contributed by atoms with Crippen molar-refractivity contribution in [3.05, 3.63) is 0 Å². The van der Waals surface area contributed by atoms with Crippen LogP contribution in [0.1, 0.15) is 53.4 Å². The maximum atomic E-state index is 5.70. The standard InChI is InChI=1S/C15H32N2O/c1-5-18-15-8-11-17(12-9-15)14(4)7-6-10-16-13(2)3/h13-16H,5-12H2,1-4H3. The fraction of sp³-hybridized carbons (Fsp3) is 1.00. The van der Waals surface area contributed by atoms with E-state index in [0.717, 1.165) is 19.2 Å². The second-order valence-electron chi connectivity index (χ2n) is 5.79. The van der Waals surface area contributed by atoms with Crippen LogP contribution in [0.2, 0.25) is 0 Å². The van der Waals surface area contributed by atoms with Gasteiger partial charge >= 0.3 is 0 Å². The van der Waals surface area contributed by atoms with Crippen molar-refractivity contribution < 1.29 is 4.74 Å². The second kappa shape index (κ2) is 8.89. The number of rotatable bonds is 8. The third-order valence-electron chi connectivity index (χ3n) is 3.85. The highest BCUT2D eigenvalue weighted by Crippen LogP contribution is 2.17. The van der Waals surface area contributed by atoms with Gasteiger partial charge in [0.1, 0.15) is 0 Å². The van der Waals surface area contributed by atoms with Gasteiger partial charge in [-0.15, -0.1) is 0 Å². The van der Waals surface area contributed by atoms with Gasteiger partial charge in [-0.05, 0) is 46.1 Å². The molecule has 0 radical (unpaired) electrons. The first-order valence-electron chi connectivity index (χ1n) is 7.72. The molecule has 0 aromatic carbocycles. The van der Waals surface area contributed by atoms with Crippen molar-refractivity contribution in [2.45, 2.75) is 71.6 Å². The van der Waals surface area contributed by atoms with E-state index < -0.39 is 0 Å². The molecule has 18 heavy (non-hydrogen) atoms. The van der Waals surface area contributed by atoms with Crippen LogP contribution in [0.3, 0.4) is 0 Å². The SMILES string of the molecule is CCOC1CCN(C(C)CCCNC(C)C)CC1. The van der Waals surface area contributed by atoms with Crippen molar-refractivity contribution in [1.82, 2.24) is 10.2 Å². The normalized spacial score (nSPS) is 20.5. The molecular formula is C15H32N2O. The summed E-state index contributed by atoms with van der Waals surface area (Å²) in [6.07, 6.45) is 5.52. The topological polar surface area (TPSA) is 24.5 Å². The monoisotopic (exact) mass is 256 g/mol. The van der Waals surface area contributed by atoms with E-state index >= 15 is 0 Å². The zero-order valence-electron chi connectivity index (χ0n) is 12.7. The second-order valence-corrected chi connectivity index (χ2v) is 5.79. The van der Waals surface area contributed by atoms with Gasteiger partial charge in [0.15, 0.2) is 0 Å². The van der Waals surface area contributed by atoms with E-state index in [2.05, 4.69) is 37.9 Å². The summed E-state index contributed by atoms with van der Waals surface area (Å²) in [4.78, 5) is 2.63. The Morgan fingerprint density at radius 1 is 1.22 bits per heavy atom. The van der Waals surface area contributed by atoms with Crippen molar-refractivity contribution in [3.8, 4) is 0 Å². The van der Waals surface area contributed by atoms with Crippen molar-refractivity contribution >= 4 is 0 Å². The first-order valence-corrected chi connectivity index (χ1v) is 7.72. The molecule has 3 nitrogen and oxygen atoms in total. The minimum Gasteiger partial charge on any atom is -0.378 e. The Bertz CT molecular complexity index is 201. The lowest BCUT2D eigenvalue weighted by Crippen LogP contribution is -2.42. The summed E-state index contributed by atoms with van der Waals surface area (Å²) < 4.78 is 5.70. The Hall–Kier alpha value is -0.120.